The van der Waals surface area contributed by atoms with Crippen LogP contribution in [-0.4, -0.2) is 36.0 Å². The zero-order valence-electron chi connectivity index (χ0n) is 13.3. The van der Waals surface area contributed by atoms with Crippen molar-refractivity contribution in [1.29, 1.82) is 0 Å². The van der Waals surface area contributed by atoms with Crippen LogP contribution in [0.2, 0.25) is 5.02 Å². The molecule has 0 amide bonds. The third-order valence-corrected chi connectivity index (χ3v) is 6.78. The molecule has 2 heterocycles. The summed E-state index contributed by atoms with van der Waals surface area (Å²) in [5.41, 5.74) is 0.756. The predicted molar refractivity (Wildman–Crippen MR) is 100 cm³/mol. The average molecular weight is 455 g/mol. The highest BCUT2D eigenvalue weighted by atomic mass is 79.9. The van der Waals surface area contributed by atoms with Gasteiger partial charge in [-0.05, 0) is 36.4 Å². The van der Waals surface area contributed by atoms with E-state index in [0.717, 1.165) is 10.0 Å². The molecule has 6 nitrogen and oxygen atoms in total. The summed E-state index contributed by atoms with van der Waals surface area (Å²) in [4.78, 5) is 4.65. The van der Waals surface area contributed by atoms with Gasteiger partial charge >= 0.3 is 0 Å². The Bertz CT molecular complexity index is 1050. The molecule has 3 aromatic rings. The summed E-state index contributed by atoms with van der Waals surface area (Å²) in [6.45, 7) is 0.630. The Kier molecular flexibility index (Phi) is 4.60. The molecule has 0 unspecified atom stereocenters. The van der Waals surface area contributed by atoms with Crippen LogP contribution in [0.25, 0.3) is 11.4 Å². The first-order chi connectivity index (χ1) is 12.4. The topological polar surface area (TPSA) is 76.3 Å². The van der Waals surface area contributed by atoms with E-state index in [2.05, 4.69) is 26.1 Å². The Morgan fingerprint density at radius 1 is 1.15 bits per heavy atom. The third-order valence-electron chi connectivity index (χ3n) is 4.17. The molecule has 1 fully saturated rings. The maximum absolute atomic E-state index is 12.6. The van der Waals surface area contributed by atoms with E-state index in [1.165, 1.54) is 4.31 Å². The van der Waals surface area contributed by atoms with Crippen molar-refractivity contribution in [2.24, 2.45) is 0 Å². The number of sulfonamides is 1. The molecule has 9 heteroatoms. The second kappa shape index (κ2) is 6.77. The molecule has 4 rings (SSSR count). The molecule has 0 spiro atoms. The highest BCUT2D eigenvalue weighted by molar-refractivity contribution is 9.10. The van der Waals surface area contributed by atoms with Gasteiger partial charge in [-0.1, -0.05) is 44.8 Å². The molecule has 134 valence electrons. The van der Waals surface area contributed by atoms with E-state index >= 15 is 0 Å². The van der Waals surface area contributed by atoms with Crippen molar-refractivity contribution in [3.63, 3.8) is 0 Å². The maximum atomic E-state index is 12.6. The van der Waals surface area contributed by atoms with E-state index < -0.39 is 10.0 Å². The van der Waals surface area contributed by atoms with Gasteiger partial charge in [0.1, 0.15) is 0 Å². The number of hydrogen-bond acceptors (Lipinski definition) is 5. The Labute approximate surface area is 164 Å². The summed E-state index contributed by atoms with van der Waals surface area (Å²) < 4.78 is 32.7. The molecular formula is C17H13BrClN3O3S. The number of aromatic nitrogens is 2. The van der Waals surface area contributed by atoms with E-state index in [4.69, 9.17) is 16.1 Å². The first-order valence-electron chi connectivity index (χ1n) is 7.79. The highest BCUT2D eigenvalue weighted by Crippen LogP contribution is 2.32. The summed E-state index contributed by atoms with van der Waals surface area (Å²) in [6, 6.07) is 13.7. The van der Waals surface area contributed by atoms with Crippen LogP contribution in [0.1, 0.15) is 11.8 Å². The fourth-order valence-electron chi connectivity index (χ4n) is 2.69. The van der Waals surface area contributed by atoms with E-state index in [-0.39, 0.29) is 10.8 Å². The smallest absolute Gasteiger partial charge is 0.243 e. The molecular weight excluding hydrogens is 442 g/mol. The number of halogens is 2. The van der Waals surface area contributed by atoms with Crippen molar-refractivity contribution >= 4 is 37.6 Å². The molecule has 26 heavy (non-hydrogen) atoms. The average Bonchev–Trinajstić information content (AvgIpc) is 3.03. The van der Waals surface area contributed by atoms with E-state index in [0.29, 0.717) is 29.8 Å². The van der Waals surface area contributed by atoms with Gasteiger partial charge in [0.15, 0.2) is 0 Å². The molecule has 1 saturated heterocycles. The first kappa shape index (κ1) is 17.7. The van der Waals surface area contributed by atoms with Gasteiger partial charge < -0.3 is 4.52 Å². The number of benzene rings is 2. The first-order valence-corrected chi connectivity index (χ1v) is 10.4. The molecule has 1 aromatic heterocycles. The quantitative estimate of drug-likeness (QED) is 0.597. The Morgan fingerprint density at radius 3 is 2.58 bits per heavy atom. The zero-order valence-corrected chi connectivity index (χ0v) is 16.5. The van der Waals surface area contributed by atoms with Crippen LogP contribution in [0, 0.1) is 0 Å². The summed E-state index contributed by atoms with van der Waals surface area (Å²) in [5.74, 6) is 0.764. The van der Waals surface area contributed by atoms with Gasteiger partial charge in [-0.15, -0.1) is 0 Å². The highest BCUT2D eigenvalue weighted by Gasteiger charge is 2.40. The van der Waals surface area contributed by atoms with Gasteiger partial charge in [0, 0.05) is 28.1 Å². The molecule has 1 aliphatic rings. The minimum Gasteiger partial charge on any atom is -0.339 e. The lowest BCUT2D eigenvalue weighted by Crippen LogP contribution is -2.48. The molecule has 0 bridgehead atoms. The van der Waals surface area contributed by atoms with E-state index in [1.54, 1.807) is 36.4 Å². The monoisotopic (exact) mass is 453 g/mol. The van der Waals surface area contributed by atoms with E-state index in [9.17, 15) is 8.42 Å². The van der Waals surface area contributed by atoms with Crippen LogP contribution in [0.4, 0.5) is 0 Å². The van der Waals surface area contributed by atoms with Crippen LogP contribution in [0.15, 0.2) is 62.4 Å². The minimum atomic E-state index is -3.51. The van der Waals surface area contributed by atoms with Gasteiger partial charge in [-0.3, -0.25) is 0 Å². The molecule has 0 atom stereocenters. The molecule has 0 saturated carbocycles. The van der Waals surface area contributed by atoms with Crippen LogP contribution in [0.5, 0.6) is 0 Å². The Balaban J connectivity index is 1.47. The zero-order chi connectivity index (χ0) is 18.3. The van der Waals surface area contributed by atoms with E-state index in [1.807, 2.05) is 12.1 Å². The molecule has 0 aliphatic carbocycles. The van der Waals surface area contributed by atoms with Crippen molar-refractivity contribution in [3.8, 4) is 11.4 Å². The second-order valence-corrected chi connectivity index (χ2v) is 9.23. The fourth-order valence-corrected chi connectivity index (χ4v) is 4.68. The van der Waals surface area contributed by atoms with Gasteiger partial charge in [0.05, 0.1) is 10.8 Å². The van der Waals surface area contributed by atoms with Crippen molar-refractivity contribution in [1.82, 2.24) is 14.4 Å². The maximum Gasteiger partial charge on any atom is 0.243 e. The van der Waals surface area contributed by atoms with Crippen LogP contribution < -0.4 is 0 Å². The van der Waals surface area contributed by atoms with Crippen molar-refractivity contribution in [2.75, 3.05) is 13.1 Å². The summed E-state index contributed by atoms with van der Waals surface area (Å²) in [6.07, 6.45) is 0. The lowest BCUT2D eigenvalue weighted by molar-refractivity contribution is 0.217. The van der Waals surface area contributed by atoms with Gasteiger partial charge in [0.25, 0.3) is 0 Å². The second-order valence-electron chi connectivity index (χ2n) is 5.94. The van der Waals surface area contributed by atoms with Crippen LogP contribution in [-0.2, 0) is 10.0 Å². The molecule has 1 aliphatic heterocycles. The Morgan fingerprint density at radius 2 is 1.88 bits per heavy atom. The lowest BCUT2D eigenvalue weighted by Gasteiger charge is -2.35. The SMILES string of the molecule is O=S(=O)(c1ccc(Br)cc1)N1CC(c2nc(-c3cccc(Cl)c3)no2)C1. The standard InChI is InChI=1S/C17H13BrClN3O3S/c18-13-4-6-15(7-5-13)26(23,24)22-9-12(10-22)17-20-16(21-25-17)11-2-1-3-14(19)8-11/h1-8,12H,9-10H2. The third kappa shape index (κ3) is 3.29. The number of rotatable bonds is 4. The fraction of sp³-hybridized carbons (Fsp3) is 0.176. The van der Waals surface area contributed by atoms with Gasteiger partial charge in [-0.2, -0.15) is 9.29 Å². The molecule has 2 aromatic carbocycles. The van der Waals surface area contributed by atoms with Gasteiger partial charge in [0.2, 0.25) is 21.7 Å². The van der Waals surface area contributed by atoms with Crippen LogP contribution >= 0.6 is 27.5 Å². The normalized spacial score (nSPS) is 15.8. The van der Waals surface area contributed by atoms with Crippen molar-refractivity contribution < 1.29 is 12.9 Å². The summed E-state index contributed by atoms with van der Waals surface area (Å²) >= 11 is 9.28. The molecule has 0 radical (unpaired) electrons. The largest absolute Gasteiger partial charge is 0.339 e. The predicted octanol–water partition coefficient (Wildman–Crippen LogP) is 3.94. The Hall–Kier alpha value is -1.74. The minimum absolute atomic E-state index is 0.111. The lowest BCUT2D eigenvalue weighted by atomic mass is 10.0. The van der Waals surface area contributed by atoms with Gasteiger partial charge in [-0.25, -0.2) is 8.42 Å². The number of nitrogens with zero attached hydrogens (tertiary/aromatic N) is 3. The molecule has 0 N–H and O–H groups in total. The summed E-state index contributed by atoms with van der Waals surface area (Å²) in [7, 11) is -3.51. The van der Waals surface area contributed by atoms with Crippen molar-refractivity contribution in [3.05, 3.63) is 63.9 Å². The van der Waals surface area contributed by atoms with Crippen LogP contribution in [0.3, 0.4) is 0 Å². The summed E-state index contributed by atoms with van der Waals surface area (Å²) in [5, 5.41) is 4.55. The van der Waals surface area contributed by atoms with Crippen molar-refractivity contribution in [2.45, 2.75) is 10.8 Å². The number of hydrogen-bond donors (Lipinski definition) is 0.